The molecular formula is C24H19BrO5. The Hall–Kier alpha value is -3.25. The Kier molecular flexibility index (Phi) is 5.77. The van der Waals surface area contributed by atoms with Crippen molar-refractivity contribution < 1.29 is 23.7 Å². The third kappa shape index (κ3) is 4.19. The van der Waals surface area contributed by atoms with Gasteiger partial charge in [0, 0.05) is 16.1 Å². The molecule has 3 aromatic rings. The lowest BCUT2D eigenvalue weighted by Gasteiger charge is -2.08. The predicted molar refractivity (Wildman–Crippen MR) is 117 cm³/mol. The maximum Gasteiger partial charge on any atom is 0.231 e. The summed E-state index contributed by atoms with van der Waals surface area (Å²) in [4.78, 5) is 12.7. The fraction of sp³-hybridized carbons (Fsp3) is 0.125. The number of carbonyl (C=O) groups excluding carboxylic acids is 1. The number of hydrogen-bond acceptors (Lipinski definition) is 5. The molecule has 30 heavy (non-hydrogen) atoms. The van der Waals surface area contributed by atoms with Crippen LogP contribution in [0.25, 0.3) is 6.08 Å². The summed E-state index contributed by atoms with van der Waals surface area (Å²) in [7, 11) is 3.22. The summed E-state index contributed by atoms with van der Waals surface area (Å²) in [5, 5.41) is 0. The fourth-order valence-electron chi connectivity index (χ4n) is 3.15. The van der Waals surface area contributed by atoms with E-state index < -0.39 is 0 Å². The third-order valence-corrected chi connectivity index (χ3v) is 5.15. The summed E-state index contributed by atoms with van der Waals surface area (Å²) in [5.41, 5.74) is 2.23. The number of ether oxygens (including phenoxy) is 4. The topological polar surface area (TPSA) is 54.0 Å². The Bertz CT molecular complexity index is 1140. The van der Waals surface area contributed by atoms with Gasteiger partial charge < -0.3 is 18.9 Å². The van der Waals surface area contributed by atoms with Gasteiger partial charge in [0.05, 0.1) is 19.8 Å². The van der Waals surface area contributed by atoms with E-state index in [1.807, 2.05) is 42.5 Å². The number of halogens is 1. The summed E-state index contributed by atoms with van der Waals surface area (Å²) >= 11 is 3.44. The van der Waals surface area contributed by atoms with Crippen LogP contribution in [0.3, 0.4) is 0 Å². The van der Waals surface area contributed by atoms with Crippen LogP contribution in [0.2, 0.25) is 0 Å². The van der Waals surface area contributed by atoms with Gasteiger partial charge in [-0.1, -0.05) is 28.1 Å². The van der Waals surface area contributed by atoms with Crippen LogP contribution < -0.4 is 18.9 Å². The first kappa shape index (κ1) is 20.0. The zero-order valence-electron chi connectivity index (χ0n) is 16.5. The van der Waals surface area contributed by atoms with E-state index in [9.17, 15) is 4.79 Å². The summed E-state index contributed by atoms with van der Waals surface area (Å²) < 4.78 is 23.2. The zero-order valence-corrected chi connectivity index (χ0v) is 18.1. The smallest absolute Gasteiger partial charge is 0.231 e. The monoisotopic (exact) mass is 466 g/mol. The van der Waals surface area contributed by atoms with Gasteiger partial charge in [-0.05, 0) is 54.1 Å². The molecule has 0 bridgehead atoms. The van der Waals surface area contributed by atoms with Gasteiger partial charge >= 0.3 is 0 Å². The molecule has 5 nitrogen and oxygen atoms in total. The molecule has 0 fully saturated rings. The highest BCUT2D eigenvalue weighted by Gasteiger charge is 2.28. The van der Waals surface area contributed by atoms with Crippen molar-refractivity contribution in [1.82, 2.24) is 0 Å². The van der Waals surface area contributed by atoms with E-state index in [4.69, 9.17) is 18.9 Å². The fourth-order valence-corrected chi connectivity index (χ4v) is 3.52. The molecule has 0 saturated carbocycles. The van der Waals surface area contributed by atoms with Crippen LogP contribution in [0.5, 0.6) is 23.0 Å². The Morgan fingerprint density at radius 1 is 0.967 bits per heavy atom. The second-order valence-electron chi connectivity index (χ2n) is 6.62. The highest BCUT2D eigenvalue weighted by molar-refractivity contribution is 9.10. The summed E-state index contributed by atoms with van der Waals surface area (Å²) in [6, 6.07) is 18.5. The number of carbonyl (C=O) groups is 1. The highest BCUT2D eigenvalue weighted by Crippen LogP contribution is 2.36. The van der Waals surface area contributed by atoms with E-state index in [2.05, 4.69) is 15.9 Å². The van der Waals surface area contributed by atoms with E-state index in [1.54, 1.807) is 38.5 Å². The van der Waals surface area contributed by atoms with Crippen LogP contribution >= 0.6 is 15.9 Å². The number of hydrogen-bond donors (Lipinski definition) is 0. The maximum absolute atomic E-state index is 12.7. The number of ketones is 1. The molecule has 0 aromatic heterocycles. The second kappa shape index (κ2) is 8.63. The van der Waals surface area contributed by atoms with E-state index in [-0.39, 0.29) is 11.5 Å². The Balaban J connectivity index is 1.53. The van der Waals surface area contributed by atoms with E-state index in [0.29, 0.717) is 29.4 Å². The summed E-state index contributed by atoms with van der Waals surface area (Å²) in [6.07, 6.45) is 1.68. The van der Waals surface area contributed by atoms with Crippen molar-refractivity contribution >= 4 is 27.8 Å². The first-order valence-corrected chi connectivity index (χ1v) is 10.0. The average molecular weight is 467 g/mol. The van der Waals surface area contributed by atoms with E-state index >= 15 is 0 Å². The van der Waals surface area contributed by atoms with Gasteiger partial charge in [0.15, 0.2) is 5.76 Å². The molecule has 6 heteroatoms. The van der Waals surface area contributed by atoms with Crippen molar-refractivity contribution in [3.63, 3.8) is 0 Å². The van der Waals surface area contributed by atoms with Crippen molar-refractivity contribution in [2.45, 2.75) is 6.61 Å². The lowest BCUT2D eigenvalue weighted by Crippen LogP contribution is -1.99. The second-order valence-corrected chi connectivity index (χ2v) is 7.54. The van der Waals surface area contributed by atoms with Crippen molar-refractivity contribution in [2.24, 2.45) is 0 Å². The van der Waals surface area contributed by atoms with Crippen LogP contribution in [0, 0.1) is 0 Å². The van der Waals surface area contributed by atoms with Gasteiger partial charge in [0.2, 0.25) is 5.78 Å². The minimum absolute atomic E-state index is 0.175. The van der Waals surface area contributed by atoms with E-state index in [1.165, 1.54) is 0 Å². The van der Waals surface area contributed by atoms with Crippen LogP contribution in [0.15, 0.2) is 70.9 Å². The molecule has 1 aliphatic heterocycles. The SMILES string of the molecule is COc1cccc(COc2ccc3c(c2)O/C(=C\c2cc(Br)ccc2OC)C3=O)c1. The predicted octanol–water partition coefficient (Wildman–Crippen LogP) is 5.66. The van der Waals surface area contributed by atoms with Gasteiger partial charge in [-0.3, -0.25) is 4.79 Å². The van der Waals surface area contributed by atoms with Crippen molar-refractivity contribution in [2.75, 3.05) is 14.2 Å². The van der Waals surface area contributed by atoms with Crippen LogP contribution in [-0.2, 0) is 6.61 Å². The van der Waals surface area contributed by atoms with Gasteiger partial charge in [-0.2, -0.15) is 0 Å². The molecule has 0 spiro atoms. The number of fused-ring (bicyclic) bond motifs is 1. The molecule has 1 aliphatic rings. The standard InChI is InChI=1S/C24H19BrO5/c1-27-18-5-3-4-15(10-18)14-29-19-7-8-20-22(13-19)30-23(24(20)26)12-16-11-17(25)6-9-21(16)28-2/h3-13H,14H2,1-2H3/b23-12-. The minimum atomic E-state index is -0.175. The van der Waals surface area contributed by atoms with Crippen LogP contribution in [0.4, 0.5) is 0 Å². The Labute approximate surface area is 183 Å². The normalized spacial score (nSPS) is 13.7. The van der Waals surface area contributed by atoms with Crippen molar-refractivity contribution in [3.05, 3.63) is 87.6 Å². The Morgan fingerprint density at radius 2 is 1.83 bits per heavy atom. The first-order chi connectivity index (χ1) is 14.6. The van der Waals surface area contributed by atoms with Gasteiger partial charge in [-0.15, -0.1) is 0 Å². The van der Waals surface area contributed by atoms with Crippen molar-refractivity contribution in [3.8, 4) is 23.0 Å². The average Bonchev–Trinajstić information content (AvgIpc) is 3.07. The maximum atomic E-state index is 12.7. The number of Topliss-reactive ketones (excluding diaryl/α,β-unsaturated/α-hetero) is 1. The summed E-state index contributed by atoms with van der Waals surface area (Å²) in [5.74, 6) is 2.59. The van der Waals surface area contributed by atoms with Gasteiger partial charge in [0.1, 0.15) is 29.6 Å². The molecule has 0 N–H and O–H groups in total. The molecule has 0 aliphatic carbocycles. The molecule has 0 atom stereocenters. The Morgan fingerprint density at radius 3 is 2.63 bits per heavy atom. The molecule has 0 radical (unpaired) electrons. The third-order valence-electron chi connectivity index (χ3n) is 4.66. The lowest BCUT2D eigenvalue weighted by atomic mass is 10.1. The molecule has 0 unspecified atom stereocenters. The molecule has 152 valence electrons. The molecule has 0 amide bonds. The van der Waals surface area contributed by atoms with Crippen LogP contribution in [0.1, 0.15) is 21.5 Å². The quantitative estimate of drug-likeness (QED) is 0.438. The number of rotatable bonds is 6. The molecule has 0 saturated heterocycles. The van der Waals surface area contributed by atoms with Crippen LogP contribution in [-0.4, -0.2) is 20.0 Å². The zero-order chi connectivity index (χ0) is 21.1. The molecule has 4 rings (SSSR count). The minimum Gasteiger partial charge on any atom is -0.497 e. The first-order valence-electron chi connectivity index (χ1n) is 9.25. The summed E-state index contributed by atoms with van der Waals surface area (Å²) in [6.45, 7) is 0.377. The number of methoxy groups -OCH3 is 2. The number of allylic oxidation sites excluding steroid dienone is 1. The number of benzene rings is 3. The van der Waals surface area contributed by atoms with Crippen molar-refractivity contribution in [1.29, 1.82) is 0 Å². The largest absolute Gasteiger partial charge is 0.497 e. The van der Waals surface area contributed by atoms with Gasteiger partial charge in [0.25, 0.3) is 0 Å². The van der Waals surface area contributed by atoms with E-state index in [0.717, 1.165) is 21.3 Å². The highest BCUT2D eigenvalue weighted by atomic mass is 79.9. The lowest BCUT2D eigenvalue weighted by molar-refractivity contribution is 0.101. The van der Waals surface area contributed by atoms with Gasteiger partial charge in [-0.25, -0.2) is 0 Å². The molecule has 1 heterocycles. The molecule has 3 aromatic carbocycles. The molecular weight excluding hydrogens is 448 g/mol.